The summed E-state index contributed by atoms with van der Waals surface area (Å²) in [5, 5.41) is 0. The molecule has 2 atom stereocenters. The van der Waals surface area contributed by atoms with E-state index in [1.807, 2.05) is 23.1 Å². The van der Waals surface area contributed by atoms with Crippen LogP contribution < -0.4 is 9.64 Å². The van der Waals surface area contributed by atoms with Crippen LogP contribution >= 0.6 is 0 Å². The Morgan fingerprint density at radius 1 is 1.12 bits per heavy atom. The molecule has 140 valence electrons. The highest BCUT2D eigenvalue weighted by atomic mass is 16.5. The lowest BCUT2D eigenvalue weighted by Crippen LogP contribution is -2.52. The minimum absolute atomic E-state index is 0.0134. The van der Waals surface area contributed by atoms with E-state index in [4.69, 9.17) is 4.74 Å². The summed E-state index contributed by atoms with van der Waals surface area (Å²) in [6.07, 6.45) is 5.77. The molecule has 0 aromatic heterocycles. The number of carbonyl (C=O) groups excluding carboxylic acids is 1. The Hall–Kier alpha value is -1.59. The molecule has 1 amide bonds. The van der Waals surface area contributed by atoms with Crippen molar-refractivity contribution in [3.05, 3.63) is 24.3 Å². The molecule has 3 heterocycles. The van der Waals surface area contributed by atoms with Gasteiger partial charge in [-0.3, -0.25) is 9.69 Å². The summed E-state index contributed by atoms with van der Waals surface area (Å²) in [4.78, 5) is 20.5. The van der Waals surface area contributed by atoms with Crippen molar-refractivity contribution in [3.63, 3.8) is 0 Å². The topological polar surface area (TPSA) is 36.0 Å². The second-order valence-electron chi connectivity index (χ2n) is 8.58. The Labute approximate surface area is 155 Å². The summed E-state index contributed by atoms with van der Waals surface area (Å²) < 4.78 is 6.40. The number of piperidine rings is 1. The van der Waals surface area contributed by atoms with Crippen molar-refractivity contribution in [1.82, 2.24) is 9.80 Å². The van der Waals surface area contributed by atoms with Crippen LogP contribution in [0.25, 0.3) is 0 Å². The van der Waals surface area contributed by atoms with Gasteiger partial charge in [0.05, 0.1) is 11.7 Å². The van der Waals surface area contributed by atoms with E-state index < -0.39 is 0 Å². The van der Waals surface area contributed by atoms with Gasteiger partial charge in [0, 0.05) is 25.6 Å². The molecule has 2 unspecified atom stereocenters. The zero-order valence-corrected chi connectivity index (χ0v) is 15.6. The van der Waals surface area contributed by atoms with Crippen LogP contribution in [0, 0.1) is 5.92 Å². The first-order chi connectivity index (χ1) is 12.7. The molecule has 5 rings (SSSR count). The smallest absolute Gasteiger partial charge is 0.244 e. The predicted octanol–water partition coefficient (Wildman–Crippen LogP) is 2.36. The Balaban J connectivity index is 1.45. The average Bonchev–Trinajstić information content (AvgIpc) is 3.37. The Bertz CT molecular complexity index is 682. The van der Waals surface area contributed by atoms with Crippen LogP contribution in [0.5, 0.6) is 5.75 Å². The molecule has 0 N–H and O–H groups in total. The van der Waals surface area contributed by atoms with Gasteiger partial charge in [0.15, 0.2) is 0 Å². The first kappa shape index (κ1) is 16.6. The number of benzene rings is 1. The summed E-state index contributed by atoms with van der Waals surface area (Å²) in [6.45, 7) is 3.98. The first-order valence-electron chi connectivity index (χ1n) is 10.2. The number of para-hydroxylation sites is 2. The van der Waals surface area contributed by atoms with Gasteiger partial charge in [0.2, 0.25) is 5.91 Å². The van der Waals surface area contributed by atoms with E-state index in [0.717, 1.165) is 56.9 Å². The van der Waals surface area contributed by atoms with Gasteiger partial charge in [0.25, 0.3) is 0 Å². The van der Waals surface area contributed by atoms with Crippen LogP contribution in [-0.4, -0.2) is 67.1 Å². The van der Waals surface area contributed by atoms with Crippen molar-refractivity contribution in [2.45, 2.75) is 50.3 Å². The van der Waals surface area contributed by atoms with Gasteiger partial charge in [-0.15, -0.1) is 0 Å². The van der Waals surface area contributed by atoms with Crippen LogP contribution in [-0.2, 0) is 4.79 Å². The minimum Gasteiger partial charge on any atom is -0.487 e. The van der Waals surface area contributed by atoms with Crippen LogP contribution in [0.1, 0.15) is 32.1 Å². The van der Waals surface area contributed by atoms with E-state index in [-0.39, 0.29) is 12.1 Å². The second-order valence-corrected chi connectivity index (χ2v) is 8.58. The Morgan fingerprint density at radius 2 is 1.88 bits per heavy atom. The SMILES string of the molecule is CN1CCC(N2CC3CC2C(=O)N(CC2CC2)c2ccccc2O3)CC1. The predicted molar refractivity (Wildman–Crippen MR) is 102 cm³/mol. The third-order valence-electron chi connectivity index (χ3n) is 6.60. The summed E-state index contributed by atoms with van der Waals surface area (Å²) >= 11 is 0. The molecule has 1 aliphatic carbocycles. The van der Waals surface area contributed by atoms with E-state index in [2.05, 4.69) is 22.9 Å². The average molecular weight is 355 g/mol. The fourth-order valence-corrected chi connectivity index (χ4v) is 4.88. The van der Waals surface area contributed by atoms with Crippen molar-refractivity contribution in [2.75, 3.05) is 38.1 Å². The third-order valence-corrected chi connectivity index (χ3v) is 6.60. The molecule has 5 nitrogen and oxygen atoms in total. The van der Waals surface area contributed by atoms with E-state index >= 15 is 0 Å². The number of likely N-dealkylation sites (tertiary alicyclic amines) is 2. The molecule has 3 aliphatic heterocycles. The number of carbonyl (C=O) groups is 1. The maximum Gasteiger partial charge on any atom is 0.244 e. The number of fused-ring (bicyclic) bond motifs is 3. The van der Waals surface area contributed by atoms with Crippen LogP contribution in [0.2, 0.25) is 0 Å². The Morgan fingerprint density at radius 3 is 2.65 bits per heavy atom. The lowest BCUT2D eigenvalue weighted by Gasteiger charge is -2.38. The fraction of sp³-hybridized carbons (Fsp3) is 0.667. The maximum atomic E-state index is 13.6. The monoisotopic (exact) mass is 355 g/mol. The number of nitrogens with zero attached hydrogens (tertiary/aromatic N) is 3. The van der Waals surface area contributed by atoms with E-state index in [0.29, 0.717) is 17.9 Å². The highest BCUT2D eigenvalue weighted by molar-refractivity contribution is 5.99. The summed E-state index contributed by atoms with van der Waals surface area (Å²) in [6, 6.07) is 8.62. The lowest BCUT2D eigenvalue weighted by atomic mass is 10.0. The highest BCUT2D eigenvalue weighted by Crippen LogP contribution is 2.40. The van der Waals surface area contributed by atoms with Gasteiger partial charge < -0.3 is 14.5 Å². The molecule has 4 aliphatic rings. The molecular weight excluding hydrogens is 326 g/mol. The molecule has 3 fully saturated rings. The molecule has 1 saturated carbocycles. The normalized spacial score (nSPS) is 30.7. The van der Waals surface area contributed by atoms with Crippen LogP contribution in [0.4, 0.5) is 5.69 Å². The third kappa shape index (κ3) is 3.01. The molecule has 1 aromatic rings. The number of anilines is 1. The standard InChI is InChI=1S/C21H29N3O2/c1-22-10-8-16(9-11-22)23-14-17-12-19(23)21(25)24(13-15-6-7-15)18-4-2-3-5-20(18)26-17/h2-5,15-17,19H,6-14H2,1H3. The second kappa shape index (κ2) is 6.54. The van der Waals surface area contributed by atoms with E-state index in [1.54, 1.807) is 0 Å². The summed E-state index contributed by atoms with van der Waals surface area (Å²) in [5.41, 5.74) is 0.976. The summed E-state index contributed by atoms with van der Waals surface area (Å²) in [7, 11) is 2.19. The van der Waals surface area contributed by atoms with Gasteiger partial charge in [0.1, 0.15) is 11.9 Å². The molecule has 1 aromatic carbocycles. The summed E-state index contributed by atoms with van der Waals surface area (Å²) in [5.74, 6) is 1.85. The van der Waals surface area contributed by atoms with Crippen LogP contribution in [0.15, 0.2) is 24.3 Å². The number of amides is 1. The molecular formula is C21H29N3O2. The largest absolute Gasteiger partial charge is 0.487 e. The molecule has 26 heavy (non-hydrogen) atoms. The molecule has 2 bridgehead atoms. The van der Waals surface area contributed by atoms with Gasteiger partial charge in [-0.2, -0.15) is 0 Å². The number of rotatable bonds is 3. The van der Waals surface area contributed by atoms with Crippen molar-refractivity contribution >= 4 is 11.6 Å². The number of hydrogen-bond acceptors (Lipinski definition) is 4. The van der Waals surface area contributed by atoms with Crippen molar-refractivity contribution in [3.8, 4) is 5.75 Å². The fourth-order valence-electron chi connectivity index (χ4n) is 4.88. The number of hydrogen-bond donors (Lipinski definition) is 0. The quantitative estimate of drug-likeness (QED) is 0.834. The zero-order valence-electron chi connectivity index (χ0n) is 15.6. The van der Waals surface area contributed by atoms with Crippen molar-refractivity contribution < 1.29 is 9.53 Å². The van der Waals surface area contributed by atoms with E-state index in [9.17, 15) is 4.79 Å². The molecule has 2 saturated heterocycles. The minimum atomic E-state index is -0.0134. The van der Waals surface area contributed by atoms with Crippen molar-refractivity contribution in [2.24, 2.45) is 5.92 Å². The van der Waals surface area contributed by atoms with Gasteiger partial charge >= 0.3 is 0 Å². The van der Waals surface area contributed by atoms with Crippen molar-refractivity contribution in [1.29, 1.82) is 0 Å². The van der Waals surface area contributed by atoms with Crippen LogP contribution in [0.3, 0.4) is 0 Å². The van der Waals surface area contributed by atoms with Gasteiger partial charge in [-0.05, 0) is 63.9 Å². The van der Waals surface area contributed by atoms with Gasteiger partial charge in [-0.1, -0.05) is 12.1 Å². The first-order valence-corrected chi connectivity index (χ1v) is 10.2. The molecule has 0 radical (unpaired) electrons. The Kier molecular flexibility index (Phi) is 4.17. The maximum absolute atomic E-state index is 13.6. The van der Waals surface area contributed by atoms with E-state index in [1.165, 1.54) is 12.8 Å². The zero-order chi connectivity index (χ0) is 17.7. The number of ether oxygens (including phenoxy) is 1. The van der Waals surface area contributed by atoms with Gasteiger partial charge in [-0.25, -0.2) is 0 Å². The molecule has 5 heteroatoms. The lowest BCUT2D eigenvalue weighted by molar-refractivity contribution is -0.124. The molecule has 0 spiro atoms. The highest BCUT2D eigenvalue weighted by Gasteiger charge is 2.46.